The Morgan fingerprint density at radius 1 is 1.42 bits per heavy atom. The van der Waals surface area contributed by atoms with Crippen LogP contribution in [-0.4, -0.2) is 53.3 Å². The number of aliphatic carboxylic acids is 1. The first kappa shape index (κ1) is 17.9. The molecule has 2 N–H and O–H groups in total. The van der Waals surface area contributed by atoms with E-state index in [9.17, 15) is 19.5 Å². The van der Waals surface area contributed by atoms with Crippen molar-refractivity contribution in [3.63, 3.8) is 0 Å². The summed E-state index contributed by atoms with van der Waals surface area (Å²) in [5.74, 6) is -1.62. The number of aryl methyl sites for hydroxylation is 1. The van der Waals surface area contributed by atoms with Gasteiger partial charge in [0.2, 0.25) is 0 Å². The first-order chi connectivity index (χ1) is 11.3. The first-order valence-corrected chi connectivity index (χ1v) is 7.79. The Morgan fingerprint density at radius 2 is 2.12 bits per heavy atom. The van der Waals surface area contributed by atoms with E-state index in [0.29, 0.717) is 0 Å². The maximum absolute atomic E-state index is 12.3. The molecule has 0 aliphatic rings. The van der Waals surface area contributed by atoms with Gasteiger partial charge in [0.25, 0.3) is 5.91 Å². The maximum Gasteiger partial charge on any atom is 0.353 e. The summed E-state index contributed by atoms with van der Waals surface area (Å²) in [7, 11) is 0. The van der Waals surface area contributed by atoms with Crippen LogP contribution >= 0.6 is 11.6 Å². The number of carbonyl (C=O) groups is 2. The number of hydrogen-bond acceptors (Lipinski definition) is 6. The Labute approximate surface area is 141 Å². The maximum atomic E-state index is 12.3. The number of carboxylic acid groups (broad SMARTS) is 1. The number of carbonyl (C=O) groups excluding carboxylic acids is 1. The van der Waals surface area contributed by atoms with E-state index in [-0.39, 0.29) is 36.1 Å². The van der Waals surface area contributed by atoms with E-state index in [1.54, 1.807) is 0 Å². The van der Waals surface area contributed by atoms with Crippen LogP contribution in [0.2, 0.25) is 0 Å². The second kappa shape index (κ2) is 7.39. The van der Waals surface area contributed by atoms with Gasteiger partial charge in [-0.3, -0.25) is 4.79 Å². The van der Waals surface area contributed by atoms with Crippen LogP contribution in [0.25, 0.3) is 5.65 Å². The van der Waals surface area contributed by atoms with Gasteiger partial charge in [0, 0.05) is 5.88 Å². The Balaban J connectivity index is 2.31. The smallest absolute Gasteiger partial charge is 0.353 e. The van der Waals surface area contributed by atoms with Gasteiger partial charge in [-0.15, -0.1) is 16.7 Å². The summed E-state index contributed by atoms with van der Waals surface area (Å²) in [6.45, 7) is 3.86. The van der Waals surface area contributed by atoms with E-state index in [4.69, 9.17) is 11.6 Å². The van der Waals surface area contributed by atoms with Gasteiger partial charge in [-0.05, 0) is 12.3 Å². The summed E-state index contributed by atoms with van der Waals surface area (Å²) < 4.78 is 2.11. The summed E-state index contributed by atoms with van der Waals surface area (Å²) in [4.78, 5) is 39.5. The molecule has 2 rings (SSSR count). The van der Waals surface area contributed by atoms with E-state index in [2.05, 4.69) is 20.6 Å². The van der Waals surface area contributed by atoms with E-state index < -0.39 is 23.6 Å². The fourth-order valence-electron chi connectivity index (χ4n) is 2.14. The highest BCUT2D eigenvalue weighted by Gasteiger charge is 2.25. The van der Waals surface area contributed by atoms with Crippen LogP contribution in [0.4, 0.5) is 0 Å². The minimum atomic E-state index is -1.14. The van der Waals surface area contributed by atoms with Gasteiger partial charge < -0.3 is 10.4 Å². The number of nitrogens with one attached hydrogen (secondary N) is 1. The van der Waals surface area contributed by atoms with Crippen molar-refractivity contribution in [3.05, 3.63) is 22.5 Å². The molecule has 2 heterocycles. The van der Waals surface area contributed by atoms with Crippen molar-refractivity contribution in [2.24, 2.45) is 5.92 Å². The number of imidazole rings is 1. The topological polar surface area (TPSA) is 131 Å². The number of carboxylic acids is 1. The number of halogens is 1. The van der Waals surface area contributed by atoms with E-state index in [1.807, 2.05) is 13.8 Å². The lowest BCUT2D eigenvalue weighted by molar-refractivity contribution is -0.139. The third kappa shape index (κ3) is 3.70. The summed E-state index contributed by atoms with van der Waals surface area (Å²) in [6.07, 6.45) is 1.41. The first-order valence-electron chi connectivity index (χ1n) is 7.25. The van der Waals surface area contributed by atoms with E-state index in [0.717, 1.165) is 15.4 Å². The highest BCUT2D eigenvalue weighted by atomic mass is 35.5. The normalized spacial score (nSPS) is 12.5. The Hall–Kier alpha value is -2.49. The molecule has 0 bridgehead atoms. The van der Waals surface area contributed by atoms with Crippen molar-refractivity contribution >= 4 is 29.1 Å². The number of rotatable bonds is 7. The molecule has 0 fully saturated rings. The molecule has 0 aliphatic heterocycles. The van der Waals surface area contributed by atoms with Crippen molar-refractivity contribution in [2.45, 2.75) is 32.9 Å². The number of alkyl halides is 1. The molecule has 1 atom stereocenters. The summed E-state index contributed by atoms with van der Waals surface area (Å²) in [5, 5.41) is 19.1. The number of nitrogens with zero attached hydrogens (tertiary/aromatic N) is 5. The number of hydrogen-bond donors (Lipinski definition) is 2. The number of fused-ring (bicyclic) bond motifs is 1. The molecule has 1 amide bonds. The second-order valence-electron chi connectivity index (χ2n) is 5.56. The molecule has 0 aromatic carbocycles. The summed E-state index contributed by atoms with van der Waals surface area (Å²) in [5.41, 5.74) is -0.742. The van der Waals surface area contributed by atoms with Crippen LogP contribution in [0.15, 0.2) is 11.1 Å². The molecule has 130 valence electrons. The summed E-state index contributed by atoms with van der Waals surface area (Å²) >= 11 is 5.57. The van der Waals surface area contributed by atoms with Crippen molar-refractivity contribution in [1.82, 2.24) is 29.7 Å². The standard InChI is InChI=1S/C13H17ClN6O4/c1-7(2)5-8(12(22)23)16-11(21)9-10-17-18-20(4-3-14)13(24)19(10)6-15-9/h6-8H,3-5H2,1-2H3,(H,16,21)(H,22,23)/t8-/m0/s1. The third-order valence-electron chi connectivity index (χ3n) is 3.24. The minimum absolute atomic E-state index is 0.0444. The van der Waals surface area contributed by atoms with Gasteiger partial charge in [-0.1, -0.05) is 19.1 Å². The van der Waals surface area contributed by atoms with Gasteiger partial charge in [0.05, 0.1) is 6.54 Å². The zero-order valence-electron chi connectivity index (χ0n) is 13.1. The second-order valence-corrected chi connectivity index (χ2v) is 5.94. The quantitative estimate of drug-likeness (QED) is 0.654. The predicted octanol–water partition coefficient (Wildman–Crippen LogP) is -0.246. The van der Waals surface area contributed by atoms with Gasteiger partial charge in [0.15, 0.2) is 11.3 Å². The van der Waals surface area contributed by atoms with Crippen molar-refractivity contribution in [3.8, 4) is 0 Å². The number of aromatic nitrogens is 5. The molecule has 11 heteroatoms. The van der Waals surface area contributed by atoms with Crippen molar-refractivity contribution in [1.29, 1.82) is 0 Å². The largest absolute Gasteiger partial charge is 0.480 e. The zero-order valence-corrected chi connectivity index (χ0v) is 13.9. The number of amides is 1. The molecule has 24 heavy (non-hydrogen) atoms. The van der Waals surface area contributed by atoms with E-state index in [1.165, 1.54) is 0 Å². The molecule has 0 saturated carbocycles. The fourth-order valence-corrected chi connectivity index (χ4v) is 2.30. The molecule has 10 nitrogen and oxygen atoms in total. The van der Waals surface area contributed by atoms with Gasteiger partial charge >= 0.3 is 11.7 Å². The lowest BCUT2D eigenvalue weighted by atomic mass is 10.0. The lowest BCUT2D eigenvalue weighted by Crippen LogP contribution is -2.42. The Kier molecular flexibility index (Phi) is 5.50. The van der Waals surface area contributed by atoms with Crippen LogP contribution in [0.3, 0.4) is 0 Å². The van der Waals surface area contributed by atoms with Gasteiger partial charge in [-0.2, -0.15) is 4.68 Å². The molecule has 2 aromatic heterocycles. The highest BCUT2D eigenvalue weighted by Crippen LogP contribution is 2.08. The van der Waals surface area contributed by atoms with Crippen LogP contribution in [0.5, 0.6) is 0 Å². The van der Waals surface area contributed by atoms with Crippen LogP contribution < -0.4 is 11.0 Å². The fraction of sp³-hybridized carbons (Fsp3) is 0.538. The Morgan fingerprint density at radius 3 is 2.71 bits per heavy atom. The monoisotopic (exact) mass is 356 g/mol. The molecule has 0 spiro atoms. The Bertz CT molecular complexity index is 814. The SMILES string of the molecule is CC(C)C[C@H](NC(=O)c1ncn2c(=O)n(CCCl)nnc12)C(=O)O. The predicted molar refractivity (Wildman–Crippen MR) is 84.1 cm³/mol. The zero-order chi connectivity index (χ0) is 17.9. The molecular weight excluding hydrogens is 340 g/mol. The van der Waals surface area contributed by atoms with Crippen LogP contribution in [-0.2, 0) is 11.3 Å². The molecular formula is C13H17ClN6O4. The van der Waals surface area contributed by atoms with Crippen LogP contribution in [0, 0.1) is 5.92 Å². The average molecular weight is 357 g/mol. The molecule has 0 saturated heterocycles. The van der Waals surface area contributed by atoms with Crippen molar-refractivity contribution in [2.75, 3.05) is 5.88 Å². The molecule has 2 aromatic rings. The van der Waals surface area contributed by atoms with E-state index >= 15 is 0 Å². The highest BCUT2D eigenvalue weighted by molar-refractivity contribution is 6.17. The molecule has 0 aliphatic carbocycles. The van der Waals surface area contributed by atoms with Crippen molar-refractivity contribution < 1.29 is 14.7 Å². The van der Waals surface area contributed by atoms with Gasteiger partial charge in [0.1, 0.15) is 12.4 Å². The van der Waals surface area contributed by atoms with Crippen LogP contribution in [0.1, 0.15) is 30.8 Å². The lowest BCUT2D eigenvalue weighted by Gasteiger charge is -2.15. The van der Waals surface area contributed by atoms with Gasteiger partial charge in [-0.25, -0.2) is 19.0 Å². The average Bonchev–Trinajstić information content (AvgIpc) is 2.93. The molecule has 0 unspecified atom stereocenters. The molecule has 0 radical (unpaired) electrons. The minimum Gasteiger partial charge on any atom is -0.480 e. The summed E-state index contributed by atoms with van der Waals surface area (Å²) in [6, 6.07) is -1.06. The third-order valence-corrected chi connectivity index (χ3v) is 3.41.